The summed E-state index contributed by atoms with van der Waals surface area (Å²) in [6.07, 6.45) is -0.865. The molecule has 10 heteroatoms. The Balaban J connectivity index is 2.04. The zero-order valence-electron chi connectivity index (χ0n) is 14.7. The summed E-state index contributed by atoms with van der Waals surface area (Å²) in [6, 6.07) is 0. The number of hydrogen-bond donors (Lipinski definition) is 2. The van der Waals surface area contributed by atoms with Crippen LogP contribution in [-0.4, -0.2) is 71.3 Å². The van der Waals surface area contributed by atoms with Crippen LogP contribution in [0.25, 0.3) is 0 Å². The molecular weight excluding hydrogens is 351 g/mol. The van der Waals surface area contributed by atoms with Gasteiger partial charge in [0.1, 0.15) is 19.0 Å². The molecular formula is C16H25FN2O7. The number of hydrogen-bond acceptors (Lipinski definition) is 7. The minimum absolute atomic E-state index is 0.00742. The van der Waals surface area contributed by atoms with Gasteiger partial charge in [-0.1, -0.05) is 0 Å². The van der Waals surface area contributed by atoms with Crippen LogP contribution in [-0.2, 0) is 20.8 Å². The van der Waals surface area contributed by atoms with Crippen molar-refractivity contribution in [1.82, 2.24) is 9.13 Å². The number of aliphatic hydroxyl groups is 2. The molecule has 0 aliphatic carbocycles. The van der Waals surface area contributed by atoms with Gasteiger partial charge in [0.15, 0.2) is 0 Å². The molecule has 1 fully saturated rings. The number of rotatable bonds is 10. The van der Waals surface area contributed by atoms with Gasteiger partial charge < -0.3 is 24.4 Å². The van der Waals surface area contributed by atoms with E-state index in [0.717, 1.165) is 4.57 Å². The minimum Gasteiger partial charge on any atom is -0.394 e. The first kappa shape index (κ1) is 20.7. The Kier molecular flexibility index (Phi) is 7.91. The molecule has 1 aromatic rings. The Hall–Kier alpha value is -1.59. The second kappa shape index (κ2) is 9.93. The normalized spacial score (nSPS) is 22.8. The van der Waals surface area contributed by atoms with Gasteiger partial charge in [0, 0.05) is 18.2 Å². The van der Waals surface area contributed by atoms with Crippen molar-refractivity contribution in [1.29, 1.82) is 0 Å². The van der Waals surface area contributed by atoms with Crippen molar-refractivity contribution in [2.45, 2.75) is 38.3 Å². The van der Waals surface area contributed by atoms with Crippen molar-refractivity contribution in [3.05, 3.63) is 32.6 Å². The molecule has 9 nitrogen and oxygen atoms in total. The summed E-state index contributed by atoms with van der Waals surface area (Å²) in [5, 5.41) is 19.0. The highest BCUT2D eigenvalue weighted by Crippen LogP contribution is 2.27. The molecule has 2 heterocycles. The standard InChI is InChI=1S/C16H25FN2O7/c1-11-9-19(14-8-12(21)13(10-20)26-14)16(23)18(15(11)22)3-5-25-7-6-24-4-2-17/h9,12-14,20-21H,2-8,10H2,1H3. The number of halogens is 1. The Morgan fingerprint density at radius 2 is 1.96 bits per heavy atom. The largest absolute Gasteiger partial charge is 0.394 e. The Bertz CT molecular complexity index is 690. The smallest absolute Gasteiger partial charge is 0.333 e. The van der Waals surface area contributed by atoms with E-state index >= 15 is 0 Å². The quantitative estimate of drug-likeness (QED) is 0.502. The number of alkyl halides is 1. The van der Waals surface area contributed by atoms with E-state index in [2.05, 4.69) is 0 Å². The summed E-state index contributed by atoms with van der Waals surface area (Å²) >= 11 is 0. The summed E-state index contributed by atoms with van der Waals surface area (Å²) in [6.45, 7) is 1.28. The highest BCUT2D eigenvalue weighted by atomic mass is 19.1. The maximum Gasteiger partial charge on any atom is 0.333 e. The molecule has 3 atom stereocenters. The van der Waals surface area contributed by atoms with E-state index in [1.807, 2.05) is 0 Å². The molecule has 1 saturated heterocycles. The van der Waals surface area contributed by atoms with Crippen molar-refractivity contribution < 1.29 is 28.8 Å². The Morgan fingerprint density at radius 3 is 2.58 bits per heavy atom. The molecule has 0 amide bonds. The SMILES string of the molecule is Cc1cn(C2CC(O)C(CO)O2)c(=O)n(CCOCCOCCF)c1=O. The van der Waals surface area contributed by atoms with Crippen LogP contribution < -0.4 is 11.2 Å². The van der Waals surface area contributed by atoms with Crippen LogP contribution in [0.2, 0.25) is 0 Å². The third kappa shape index (κ3) is 4.98. The van der Waals surface area contributed by atoms with E-state index in [1.54, 1.807) is 6.92 Å². The lowest BCUT2D eigenvalue weighted by Gasteiger charge is -2.17. The van der Waals surface area contributed by atoms with Gasteiger partial charge in [-0.15, -0.1) is 0 Å². The lowest BCUT2D eigenvalue weighted by Crippen LogP contribution is -2.43. The van der Waals surface area contributed by atoms with Gasteiger partial charge in [-0.2, -0.15) is 0 Å². The molecule has 2 rings (SSSR count). The van der Waals surface area contributed by atoms with E-state index in [4.69, 9.17) is 19.3 Å². The molecule has 26 heavy (non-hydrogen) atoms. The van der Waals surface area contributed by atoms with Crippen LogP contribution in [0.5, 0.6) is 0 Å². The van der Waals surface area contributed by atoms with E-state index in [9.17, 15) is 19.1 Å². The molecule has 3 unspecified atom stereocenters. The van der Waals surface area contributed by atoms with Crippen molar-refractivity contribution >= 4 is 0 Å². The predicted molar refractivity (Wildman–Crippen MR) is 88.9 cm³/mol. The minimum atomic E-state index is -0.884. The first-order valence-corrected chi connectivity index (χ1v) is 8.48. The maximum absolute atomic E-state index is 12.6. The van der Waals surface area contributed by atoms with Crippen LogP contribution in [0, 0.1) is 6.92 Å². The number of nitrogens with zero attached hydrogens (tertiary/aromatic N) is 2. The molecule has 0 spiro atoms. The van der Waals surface area contributed by atoms with Gasteiger partial charge in [-0.3, -0.25) is 13.9 Å². The fourth-order valence-electron chi connectivity index (χ4n) is 2.74. The molecule has 148 valence electrons. The van der Waals surface area contributed by atoms with Gasteiger partial charge in [0.25, 0.3) is 5.56 Å². The number of aryl methyl sites for hydroxylation is 1. The average molecular weight is 376 g/mol. The molecule has 1 aliphatic heterocycles. The van der Waals surface area contributed by atoms with E-state index in [1.165, 1.54) is 10.8 Å². The van der Waals surface area contributed by atoms with Crippen LogP contribution >= 0.6 is 0 Å². The molecule has 2 N–H and O–H groups in total. The second-order valence-corrected chi connectivity index (χ2v) is 5.99. The van der Waals surface area contributed by atoms with Gasteiger partial charge >= 0.3 is 5.69 Å². The van der Waals surface area contributed by atoms with Crippen LogP contribution in [0.4, 0.5) is 4.39 Å². The van der Waals surface area contributed by atoms with Crippen LogP contribution in [0.3, 0.4) is 0 Å². The average Bonchev–Trinajstić information content (AvgIpc) is 3.00. The topological polar surface area (TPSA) is 112 Å². The Morgan fingerprint density at radius 1 is 1.27 bits per heavy atom. The second-order valence-electron chi connectivity index (χ2n) is 5.99. The van der Waals surface area contributed by atoms with Crippen LogP contribution in [0.1, 0.15) is 18.2 Å². The first-order valence-electron chi connectivity index (χ1n) is 8.48. The number of aromatic nitrogens is 2. The summed E-state index contributed by atoms with van der Waals surface area (Å²) in [5.41, 5.74) is -0.657. The summed E-state index contributed by atoms with van der Waals surface area (Å²) in [4.78, 5) is 24.9. The van der Waals surface area contributed by atoms with E-state index in [0.29, 0.717) is 5.56 Å². The molecule has 0 bridgehead atoms. The predicted octanol–water partition coefficient (Wildman–Crippen LogP) is -1.04. The van der Waals surface area contributed by atoms with Crippen molar-refractivity contribution in [2.24, 2.45) is 0 Å². The first-order chi connectivity index (χ1) is 12.5. The highest BCUT2D eigenvalue weighted by molar-refractivity contribution is 5.04. The van der Waals surface area contributed by atoms with Crippen molar-refractivity contribution in [3.8, 4) is 0 Å². The molecule has 1 aliphatic rings. The van der Waals surface area contributed by atoms with Crippen LogP contribution in [0.15, 0.2) is 15.8 Å². The zero-order chi connectivity index (χ0) is 19.1. The maximum atomic E-state index is 12.6. The van der Waals surface area contributed by atoms with Crippen molar-refractivity contribution in [3.63, 3.8) is 0 Å². The van der Waals surface area contributed by atoms with Gasteiger partial charge in [0.05, 0.1) is 45.7 Å². The van der Waals surface area contributed by atoms with Gasteiger partial charge in [-0.05, 0) is 6.92 Å². The molecule has 0 aromatic carbocycles. The fourth-order valence-corrected chi connectivity index (χ4v) is 2.74. The summed E-state index contributed by atoms with van der Waals surface area (Å²) in [5.74, 6) is 0. The molecule has 0 radical (unpaired) electrons. The highest BCUT2D eigenvalue weighted by Gasteiger charge is 2.35. The lowest BCUT2D eigenvalue weighted by atomic mass is 10.2. The van der Waals surface area contributed by atoms with E-state index < -0.39 is 36.4 Å². The number of aliphatic hydroxyl groups excluding tert-OH is 2. The zero-order valence-corrected chi connectivity index (χ0v) is 14.7. The number of ether oxygens (including phenoxy) is 3. The lowest BCUT2D eigenvalue weighted by molar-refractivity contribution is -0.0465. The third-order valence-corrected chi connectivity index (χ3v) is 4.11. The van der Waals surface area contributed by atoms with Crippen molar-refractivity contribution in [2.75, 3.05) is 39.7 Å². The summed E-state index contributed by atoms with van der Waals surface area (Å²) < 4.78 is 29.9. The van der Waals surface area contributed by atoms with E-state index in [-0.39, 0.29) is 46.0 Å². The monoisotopic (exact) mass is 376 g/mol. The fraction of sp³-hybridized carbons (Fsp3) is 0.750. The summed E-state index contributed by atoms with van der Waals surface area (Å²) in [7, 11) is 0. The third-order valence-electron chi connectivity index (χ3n) is 4.11. The van der Waals surface area contributed by atoms with Gasteiger partial charge in [-0.25, -0.2) is 9.18 Å². The Labute approximate surface area is 149 Å². The van der Waals surface area contributed by atoms with Gasteiger partial charge in [0.2, 0.25) is 0 Å². The molecule has 0 saturated carbocycles. The molecule has 1 aromatic heterocycles.